The maximum Gasteiger partial charge on any atom is 0.183 e. The van der Waals surface area contributed by atoms with Gasteiger partial charge in [-0.3, -0.25) is 9.69 Å². The summed E-state index contributed by atoms with van der Waals surface area (Å²) in [6.45, 7) is 5.71. The number of piperazine rings is 1. The van der Waals surface area contributed by atoms with Gasteiger partial charge in [0.25, 0.3) is 0 Å². The molecule has 0 amide bonds. The van der Waals surface area contributed by atoms with Gasteiger partial charge in [-0.1, -0.05) is 6.92 Å². The molecule has 5 heteroatoms. The lowest BCUT2D eigenvalue weighted by Gasteiger charge is -2.33. The standard InChI is InChI=1S/C16H24N2O3/c1-4-14(18-9-7-17-8-10-18)16(19)13-11-12(20-2)5-6-15(13)21-3/h5-6,11,14,17H,4,7-10H2,1-3H3. The molecule has 1 N–H and O–H groups in total. The van der Waals surface area contributed by atoms with Gasteiger partial charge in [0.1, 0.15) is 11.5 Å². The molecule has 0 bridgehead atoms. The average Bonchev–Trinajstić information content (AvgIpc) is 2.55. The monoisotopic (exact) mass is 292 g/mol. The van der Waals surface area contributed by atoms with E-state index in [0.717, 1.165) is 32.6 Å². The number of nitrogens with one attached hydrogen (secondary N) is 1. The zero-order valence-electron chi connectivity index (χ0n) is 13.0. The number of hydrogen-bond acceptors (Lipinski definition) is 5. The summed E-state index contributed by atoms with van der Waals surface area (Å²) >= 11 is 0. The molecule has 116 valence electrons. The highest BCUT2D eigenvalue weighted by Crippen LogP contribution is 2.27. The van der Waals surface area contributed by atoms with E-state index >= 15 is 0 Å². The molecule has 1 unspecified atom stereocenters. The number of Topliss-reactive ketones (excluding diaryl/α,β-unsaturated/α-hetero) is 1. The van der Waals surface area contributed by atoms with Crippen molar-refractivity contribution >= 4 is 5.78 Å². The van der Waals surface area contributed by atoms with Crippen LogP contribution < -0.4 is 14.8 Å². The molecule has 0 saturated carbocycles. The van der Waals surface area contributed by atoms with Crippen LogP contribution in [0.25, 0.3) is 0 Å². The lowest BCUT2D eigenvalue weighted by Crippen LogP contribution is -2.51. The topological polar surface area (TPSA) is 50.8 Å². The smallest absolute Gasteiger partial charge is 0.183 e. The number of ketones is 1. The van der Waals surface area contributed by atoms with Gasteiger partial charge in [0.2, 0.25) is 0 Å². The van der Waals surface area contributed by atoms with Crippen molar-refractivity contribution in [2.75, 3.05) is 40.4 Å². The van der Waals surface area contributed by atoms with Crippen molar-refractivity contribution in [3.8, 4) is 11.5 Å². The summed E-state index contributed by atoms with van der Waals surface area (Å²) in [6, 6.07) is 5.26. The molecule has 0 radical (unpaired) electrons. The van der Waals surface area contributed by atoms with Crippen LogP contribution in [0.4, 0.5) is 0 Å². The third-order valence-corrected chi connectivity index (χ3v) is 3.95. The Balaban J connectivity index is 2.27. The third-order valence-electron chi connectivity index (χ3n) is 3.95. The molecule has 1 aliphatic rings. The van der Waals surface area contributed by atoms with Crippen LogP contribution in [-0.4, -0.2) is 57.1 Å². The van der Waals surface area contributed by atoms with E-state index in [9.17, 15) is 4.79 Å². The van der Waals surface area contributed by atoms with Gasteiger partial charge in [0.05, 0.1) is 25.8 Å². The zero-order valence-corrected chi connectivity index (χ0v) is 13.0. The Morgan fingerprint density at radius 2 is 2.00 bits per heavy atom. The molecule has 1 aliphatic heterocycles. The number of ether oxygens (including phenoxy) is 2. The Bertz CT molecular complexity index is 484. The Labute approximate surface area is 126 Å². The Morgan fingerprint density at radius 1 is 1.29 bits per heavy atom. The van der Waals surface area contributed by atoms with Crippen molar-refractivity contribution in [1.82, 2.24) is 10.2 Å². The molecular weight excluding hydrogens is 268 g/mol. The lowest BCUT2D eigenvalue weighted by atomic mass is 9.99. The van der Waals surface area contributed by atoms with Crippen LogP contribution in [0.3, 0.4) is 0 Å². The van der Waals surface area contributed by atoms with Crippen molar-refractivity contribution in [3.63, 3.8) is 0 Å². The summed E-state index contributed by atoms with van der Waals surface area (Å²) in [4.78, 5) is 15.2. The minimum absolute atomic E-state index is 0.104. The highest BCUT2D eigenvalue weighted by atomic mass is 16.5. The fourth-order valence-electron chi connectivity index (χ4n) is 2.79. The van der Waals surface area contributed by atoms with E-state index in [-0.39, 0.29) is 11.8 Å². The van der Waals surface area contributed by atoms with Gasteiger partial charge < -0.3 is 14.8 Å². The van der Waals surface area contributed by atoms with Crippen molar-refractivity contribution in [1.29, 1.82) is 0 Å². The number of carbonyl (C=O) groups excluding carboxylic acids is 1. The lowest BCUT2D eigenvalue weighted by molar-refractivity contribution is 0.0786. The van der Waals surface area contributed by atoms with Crippen LogP contribution in [-0.2, 0) is 0 Å². The summed E-state index contributed by atoms with van der Waals surface area (Å²) in [5.74, 6) is 1.39. The van der Waals surface area contributed by atoms with E-state index in [4.69, 9.17) is 9.47 Å². The fourth-order valence-corrected chi connectivity index (χ4v) is 2.79. The maximum absolute atomic E-state index is 12.9. The van der Waals surface area contributed by atoms with Crippen LogP contribution >= 0.6 is 0 Å². The first-order valence-electron chi connectivity index (χ1n) is 7.42. The van der Waals surface area contributed by atoms with Crippen LogP contribution in [0.2, 0.25) is 0 Å². The van der Waals surface area contributed by atoms with E-state index in [1.54, 1.807) is 32.4 Å². The van der Waals surface area contributed by atoms with Gasteiger partial charge in [-0.2, -0.15) is 0 Å². The van der Waals surface area contributed by atoms with Gasteiger partial charge in [-0.25, -0.2) is 0 Å². The van der Waals surface area contributed by atoms with Gasteiger partial charge in [0.15, 0.2) is 5.78 Å². The average molecular weight is 292 g/mol. The predicted molar refractivity (Wildman–Crippen MR) is 82.4 cm³/mol. The highest BCUT2D eigenvalue weighted by Gasteiger charge is 2.28. The van der Waals surface area contributed by atoms with Gasteiger partial charge in [0, 0.05) is 26.2 Å². The van der Waals surface area contributed by atoms with E-state index in [1.165, 1.54) is 0 Å². The normalized spacial score (nSPS) is 17.3. The number of benzene rings is 1. The SMILES string of the molecule is CCC(C(=O)c1cc(OC)ccc1OC)N1CCNCC1. The first-order valence-corrected chi connectivity index (χ1v) is 7.42. The highest BCUT2D eigenvalue weighted by molar-refractivity contribution is 6.02. The Kier molecular flexibility index (Phi) is 5.59. The largest absolute Gasteiger partial charge is 0.497 e. The second-order valence-corrected chi connectivity index (χ2v) is 5.14. The van der Waals surface area contributed by atoms with Crippen molar-refractivity contribution in [2.45, 2.75) is 19.4 Å². The molecule has 0 aliphatic carbocycles. The summed E-state index contributed by atoms with van der Waals surface area (Å²) in [7, 11) is 3.19. The molecular formula is C16H24N2O3. The molecule has 1 fully saturated rings. The molecule has 1 atom stereocenters. The second kappa shape index (κ2) is 7.43. The number of carbonyl (C=O) groups is 1. The van der Waals surface area contributed by atoms with Gasteiger partial charge in [-0.05, 0) is 24.6 Å². The van der Waals surface area contributed by atoms with Crippen LogP contribution in [0.5, 0.6) is 11.5 Å². The van der Waals surface area contributed by atoms with Crippen LogP contribution in [0, 0.1) is 0 Å². The number of methoxy groups -OCH3 is 2. The number of rotatable bonds is 6. The first-order chi connectivity index (χ1) is 10.2. The molecule has 21 heavy (non-hydrogen) atoms. The number of hydrogen-bond donors (Lipinski definition) is 1. The summed E-state index contributed by atoms with van der Waals surface area (Å²) < 4.78 is 10.6. The molecule has 2 rings (SSSR count). The van der Waals surface area contributed by atoms with E-state index < -0.39 is 0 Å². The molecule has 5 nitrogen and oxygen atoms in total. The predicted octanol–water partition coefficient (Wildman–Crippen LogP) is 1.57. The quantitative estimate of drug-likeness (QED) is 0.807. The molecule has 1 aromatic carbocycles. The van der Waals surface area contributed by atoms with Crippen LogP contribution in [0.15, 0.2) is 18.2 Å². The summed E-state index contributed by atoms with van der Waals surface area (Å²) in [5, 5.41) is 3.32. The van der Waals surface area contributed by atoms with Crippen molar-refractivity contribution in [3.05, 3.63) is 23.8 Å². The zero-order chi connectivity index (χ0) is 15.2. The van der Waals surface area contributed by atoms with E-state index in [2.05, 4.69) is 17.1 Å². The minimum atomic E-state index is -0.104. The third kappa shape index (κ3) is 3.54. The Morgan fingerprint density at radius 3 is 2.57 bits per heavy atom. The van der Waals surface area contributed by atoms with Gasteiger partial charge in [-0.15, -0.1) is 0 Å². The molecule has 0 aromatic heterocycles. The van der Waals surface area contributed by atoms with Crippen molar-refractivity contribution in [2.24, 2.45) is 0 Å². The van der Waals surface area contributed by atoms with E-state index in [0.29, 0.717) is 17.1 Å². The molecule has 1 aromatic rings. The van der Waals surface area contributed by atoms with E-state index in [1.807, 2.05) is 0 Å². The summed E-state index contributed by atoms with van der Waals surface area (Å²) in [5.41, 5.74) is 0.599. The summed E-state index contributed by atoms with van der Waals surface area (Å²) in [6.07, 6.45) is 0.791. The van der Waals surface area contributed by atoms with Crippen LogP contribution in [0.1, 0.15) is 23.7 Å². The maximum atomic E-state index is 12.9. The van der Waals surface area contributed by atoms with Crippen molar-refractivity contribution < 1.29 is 14.3 Å². The Hall–Kier alpha value is -1.59. The van der Waals surface area contributed by atoms with Gasteiger partial charge >= 0.3 is 0 Å². The molecule has 1 heterocycles. The minimum Gasteiger partial charge on any atom is -0.497 e. The first kappa shape index (κ1) is 15.8. The fraction of sp³-hybridized carbons (Fsp3) is 0.562. The number of nitrogens with zero attached hydrogens (tertiary/aromatic N) is 1. The molecule has 0 spiro atoms. The molecule has 1 saturated heterocycles. The second-order valence-electron chi connectivity index (χ2n) is 5.14.